The van der Waals surface area contributed by atoms with Crippen LogP contribution in [0.25, 0.3) is 0 Å². The predicted molar refractivity (Wildman–Crippen MR) is 57.7 cm³/mol. The number of hydrogen-bond donors (Lipinski definition) is 1. The van der Waals surface area contributed by atoms with Crippen LogP contribution in [0, 0.1) is 0 Å². The summed E-state index contributed by atoms with van der Waals surface area (Å²) in [7, 11) is 0. The van der Waals surface area contributed by atoms with E-state index in [9.17, 15) is 5.11 Å². The fourth-order valence-corrected chi connectivity index (χ4v) is 1.60. The molecule has 0 saturated heterocycles. The molecule has 0 fully saturated rings. The van der Waals surface area contributed by atoms with Gasteiger partial charge < -0.3 is 9.52 Å². The summed E-state index contributed by atoms with van der Waals surface area (Å²) >= 11 is 0. The van der Waals surface area contributed by atoms with Gasteiger partial charge in [0, 0.05) is 13.0 Å². The van der Waals surface area contributed by atoms with Crippen LogP contribution in [0.1, 0.15) is 31.0 Å². The number of rotatable bonds is 5. The van der Waals surface area contributed by atoms with Gasteiger partial charge in [-0.05, 0) is 18.6 Å². The van der Waals surface area contributed by atoms with Crippen molar-refractivity contribution >= 4 is 0 Å². The monoisotopic (exact) mass is 221 g/mol. The molecule has 5 heteroatoms. The van der Waals surface area contributed by atoms with Gasteiger partial charge in [-0.1, -0.05) is 6.92 Å². The lowest BCUT2D eigenvalue weighted by atomic mass is 10.2. The van der Waals surface area contributed by atoms with E-state index in [1.54, 1.807) is 18.4 Å². The largest absolute Gasteiger partial charge is 0.467 e. The first-order valence-electron chi connectivity index (χ1n) is 5.39. The molecule has 16 heavy (non-hydrogen) atoms. The Labute approximate surface area is 93.7 Å². The molecule has 1 unspecified atom stereocenters. The van der Waals surface area contributed by atoms with Crippen molar-refractivity contribution in [1.29, 1.82) is 0 Å². The topological polar surface area (TPSA) is 64.1 Å². The number of furan rings is 1. The molecule has 0 amide bonds. The van der Waals surface area contributed by atoms with Gasteiger partial charge in [-0.15, -0.1) is 0 Å². The minimum Gasteiger partial charge on any atom is -0.467 e. The summed E-state index contributed by atoms with van der Waals surface area (Å²) in [5.41, 5.74) is 0. The minimum absolute atomic E-state index is 0.424. The van der Waals surface area contributed by atoms with Crippen LogP contribution in [0.5, 0.6) is 0 Å². The Bertz CT molecular complexity index is 422. The van der Waals surface area contributed by atoms with Crippen molar-refractivity contribution in [2.75, 3.05) is 0 Å². The summed E-state index contributed by atoms with van der Waals surface area (Å²) < 4.78 is 6.95. The number of aromatic nitrogens is 3. The molecule has 0 bridgehead atoms. The summed E-state index contributed by atoms with van der Waals surface area (Å²) in [5.74, 6) is 1.34. The highest BCUT2D eigenvalue weighted by Crippen LogP contribution is 2.17. The molecule has 1 N–H and O–H groups in total. The van der Waals surface area contributed by atoms with E-state index < -0.39 is 6.10 Å². The Hall–Kier alpha value is -1.62. The third-order valence-corrected chi connectivity index (χ3v) is 2.38. The van der Waals surface area contributed by atoms with Crippen molar-refractivity contribution in [2.45, 2.75) is 32.4 Å². The van der Waals surface area contributed by atoms with Crippen LogP contribution in [0.15, 0.2) is 29.1 Å². The summed E-state index contributed by atoms with van der Waals surface area (Å²) in [6.07, 6.45) is 3.82. The van der Waals surface area contributed by atoms with Gasteiger partial charge in [0.2, 0.25) is 0 Å². The zero-order chi connectivity index (χ0) is 11.4. The molecule has 0 spiro atoms. The van der Waals surface area contributed by atoms with Gasteiger partial charge in [0.25, 0.3) is 0 Å². The van der Waals surface area contributed by atoms with Crippen LogP contribution in [-0.2, 0) is 13.0 Å². The van der Waals surface area contributed by atoms with Crippen LogP contribution < -0.4 is 0 Å². The van der Waals surface area contributed by atoms with E-state index in [0.29, 0.717) is 12.2 Å². The van der Waals surface area contributed by atoms with Crippen LogP contribution in [0.3, 0.4) is 0 Å². The molecule has 2 heterocycles. The van der Waals surface area contributed by atoms with Crippen LogP contribution in [0.4, 0.5) is 0 Å². The third kappa shape index (κ3) is 2.30. The molecule has 0 radical (unpaired) electrons. The Morgan fingerprint density at radius 3 is 3.12 bits per heavy atom. The molecule has 0 aromatic carbocycles. The van der Waals surface area contributed by atoms with Gasteiger partial charge in [0.1, 0.15) is 24.0 Å². The Morgan fingerprint density at radius 2 is 2.44 bits per heavy atom. The van der Waals surface area contributed by atoms with Crippen molar-refractivity contribution in [1.82, 2.24) is 14.8 Å². The molecule has 0 saturated carbocycles. The first-order valence-corrected chi connectivity index (χ1v) is 5.39. The van der Waals surface area contributed by atoms with Crippen molar-refractivity contribution in [3.8, 4) is 0 Å². The first-order chi connectivity index (χ1) is 7.81. The van der Waals surface area contributed by atoms with Crippen molar-refractivity contribution < 1.29 is 9.52 Å². The average molecular weight is 221 g/mol. The first kappa shape index (κ1) is 10.9. The second kappa shape index (κ2) is 4.94. The maximum absolute atomic E-state index is 9.90. The van der Waals surface area contributed by atoms with E-state index in [4.69, 9.17) is 4.42 Å². The van der Waals surface area contributed by atoms with E-state index in [1.165, 1.54) is 6.33 Å². The molecule has 1 atom stereocenters. The summed E-state index contributed by atoms with van der Waals surface area (Å²) in [5, 5.41) is 14.0. The van der Waals surface area contributed by atoms with Crippen LogP contribution in [0.2, 0.25) is 0 Å². The fourth-order valence-electron chi connectivity index (χ4n) is 1.60. The van der Waals surface area contributed by atoms with E-state index in [1.807, 2.05) is 4.68 Å². The highest BCUT2D eigenvalue weighted by molar-refractivity contribution is 5.04. The molecule has 0 aliphatic carbocycles. The summed E-state index contributed by atoms with van der Waals surface area (Å²) in [6, 6.07) is 3.51. The van der Waals surface area contributed by atoms with Crippen molar-refractivity contribution in [3.05, 3.63) is 36.3 Å². The van der Waals surface area contributed by atoms with Gasteiger partial charge >= 0.3 is 0 Å². The number of hydrogen-bond acceptors (Lipinski definition) is 4. The smallest absolute Gasteiger partial charge is 0.138 e. The zero-order valence-electron chi connectivity index (χ0n) is 9.21. The molecular formula is C11H15N3O2. The fraction of sp³-hybridized carbons (Fsp3) is 0.455. The molecule has 86 valence electrons. The van der Waals surface area contributed by atoms with Gasteiger partial charge in [0.15, 0.2) is 0 Å². The highest BCUT2D eigenvalue weighted by Gasteiger charge is 2.14. The second-order valence-corrected chi connectivity index (χ2v) is 3.63. The van der Waals surface area contributed by atoms with Gasteiger partial charge in [-0.3, -0.25) is 4.68 Å². The quantitative estimate of drug-likeness (QED) is 0.832. The normalized spacial score (nSPS) is 12.9. The van der Waals surface area contributed by atoms with Gasteiger partial charge in [0.05, 0.1) is 6.26 Å². The number of aryl methyl sites for hydroxylation is 1. The molecule has 2 aromatic heterocycles. The molecule has 2 aromatic rings. The average Bonchev–Trinajstić information content (AvgIpc) is 2.90. The van der Waals surface area contributed by atoms with Gasteiger partial charge in [-0.25, -0.2) is 4.98 Å². The molecule has 0 aliphatic rings. The molecular weight excluding hydrogens is 206 g/mol. The lowest BCUT2D eigenvalue weighted by Crippen LogP contribution is -2.09. The summed E-state index contributed by atoms with van der Waals surface area (Å²) in [4.78, 5) is 4.13. The van der Waals surface area contributed by atoms with E-state index >= 15 is 0 Å². The van der Waals surface area contributed by atoms with E-state index in [-0.39, 0.29) is 0 Å². The van der Waals surface area contributed by atoms with E-state index in [2.05, 4.69) is 17.0 Å². The number of aliphatic hydroxyl groups excluding tert-OH is 1. The highest BCUT2D eigenvalue weighted by atomic mass is 16.4. The standard InChI is InChI=1S/C11H15N3O2/c1-2-5-14-11(12-8-13-14)7-9(15)10-4-3-6-16-10/h3-4,6,8-9,15H,2,5,7H2,1H3. The Balaban J connectivity index is 2.06. The van der Waals surface area contributed by atoms with Crippen LogP contribution >= 0.6 is 0 Å². The van der Waals surface area contributed by atoms with Gasteiger partial charge in [-0.2, -0.15) is 5.10 Å². The van der Waals surface area contributed by atoms with Crippen molar-refractivity contribution in [2.24, 2.45) is 0 Å². The SMILES string of the molecule is CCCn1ncnc1CC(O)c1ccco1. The lowest BCUT2D eigenvalue weighted by molar-refractivity contribution is 0.146. The van der Waals surface area contributed by atoms with Crippen molar-refractivity contribution in [3.63, 3.8) is 0 Å². The Morgan fingerprint density at radius 1 is 1.56 bits per heavy atom. The predicted octanol–water partition coefficient (Wildman–Crippen LogP) is 1.56. The minimum atomic E-state index is -0.658. The third-order valence-electron chi connectivity index (χ3n) is 2.38. The Kier molecular flexibility index (Phi) is 3.36. The molecule has 5 nitrogen and oxygen atoms in total. The molecule has 2 rings (SSSR count). The van der Waals surface area contributed by atoms with E-state index in [0.717, 1.165) is 18.8 Å². The maximum atomic E-state index is 9.90. The second-order valence-electron chi connectivity index (χ2n) is 3.63. The maximum Gasteiger partial charge on any atom is 0.138 e. The number of aliphatic hydroxyl groups is 1. The van der Waals surface area contributed by atoms with Crippen LogP contribution in [-0.4, -0.2) is 19.9 Å². The summed E-state index contributed by atoms with van der Waals surface area (Å²) in [6.45, 7) is 2.90. The number of nitrogens with zero attached hydrogens (tertiary/aromatic N) is 3. The molecule has 0 aliphatic heterocycles. The zero-order valence-corrected chi connectivity index (χ0v) is 9.21. The lowest BCUT2D eigenvalue weighted by Gasteiger charge is -2.08.